The zero-order chi connectivity index (χ0) is 14.1. The van der Waals surface area contributed by atoms with Gasteiger partial charge in [0.2, 0.25) is 5.95 Å². The first-order valence-corrected chi connectivity index (χ1v) is 6.44. The second kappa shape index (κ2) is 5.03. The molecule has 2 N–H and O–H groups in total. The number of aromatic nitrogens is 2. The number of hydrogen-bond donors (Lipinski definition) is 2. The lowest BCUT2D eigenvalue weighted by atomic mass is 10.3. The third-order valence-electron chi connectivity index (χ3n) is 2.96. The van der Waals surface area contributed by atoms with Gasteiger partial charge in [-0.25, -0.2) is 13.8 Å². The third-order valence-corrected chi connectivity index (χ3v) is 2.96. The fraction of sp³-hybridized carbons (Fsp3) is 0.286. The van der Waals surface area contributed by atoms with E-state index in [9.17, 15) is 8.78 Å². The molecular weight excluding hydrogens is 262 g/mol. The maximum absolute atomic E-state index is 13.2. The fourth-order valence-electron chi connectivity index (χ4n) is 1.83. The Bertz CT molecular complexity index is 641. The van der Waals surface area contributed by atoms with Crippen molar-refractivity contribution in [1.29, 1.82) is 0 Å². The maximum atomic E-state index is 13.2. The van der Waals surface area contributed by atoms with E-state index >= 15 is 0 Å². The second-order valence-electron chi connectivity index (χ2n) is 4.89. The van der Waals surface area contributed by atoms with Gasteiger partial charge in [0.05, 0.1) is 0 Å². The minimum atomic E-state index is -0.892. The quantitative estimate of drug-likeness (QED) is 0.898. The number of rotatable bonds is 4. The molecule has 4 nitrogen and oxygen atoms in total. The van der Waals surface area contributed by atoms with Gasteiger partial charge in [0, 0.05) is 29.6 Å². The van der Waals surface area contributed by atoms with Gasteiger partial charge in [0.1, 0.15) is 5.82 Å². The molecule has 1 fully saturated rings. The van der Waals surface area contributed by atoms with Crippen LogP contribution in [0.1, 0.15) is 18.5 Å². The SMILES string of the molecule is Cc1cc(Nc2ccc(F)c(F)c2)nc(NC2CC2)n1. The summed E-state index contributed by atoms with van der Waals surface area (Å²) in [6.07, 6.45) is 2.26. The van der Waals surface area contributed by atoms with Crippen molar-refractivity contribution in [3.05, 3.63) is 41.6 Å². The summed E-state index contributed by atoms with van der Waals surface area (Å²) in [5.41, 5.74) is 1.24. The first-order valence-electron chi connectivity index (χ1n) is 6.44. The van der Waals surface area contributed by atoms with Crippen LogP contribution in [0.4, 0.5) is 26.2 Å². The summed E-state index contributed by atoms with van der Waals surface area (Å²) in [4.78, 5) is 8.60. The van der Waals surface area contributed by atoms with Gasteiger partial charge in [-0.3, -0.25) is 0 Å². The number of hydrogen-bond acceptors (Lipinski definition) is 4. The fourth-order valence-corrected chi connectivity index (χ4v) is 1.83. The zero-order valence-electron chi connectivity index (χ0n) is 11.0. The number of nitrogens with one attached hydrogen (secondary N) is 2. The van der Waals surface area contributed by atoms with Crippen molar-refractivity contribution >= 4 is 17.5 Å². The van der Waals surface area contributed by atoms with Crippen molar-refractivity contribution in [2.24, 2.45) is 0 Å². The molecule has 0 amide bonds. The monoisotopic (exact) mass is 276 g/mol. The largest absolute Gasteiger partial charge is 0.351 e. The number of benzene rings is 1. The topological polar surface area (TPSA) is 49.8 Å². The Morgan fingerprint density at radius 1 is 1.10 bits per heavy atom. The first kappa shape index (κ1) is 12.8. The van der Waals surface area contributed by atoms with E-state index in [1.165, 1.54) is 6.07 Å². The van der Waals surface area contributed by atoms with Crippen LogP contribution in [-0.4, -0.2) is 16.0 Å². The van der Waals surface area contributed by atoms with E-state index in [4.69, 9.17) is 0 Å². The summed E-state index contributed by atoms with van der Waals surface area (Å²) < 4.78 is 26.0. The molecule has 0 aliphatic heterocycles. The molecule has 1 aliphatic carbocycles. The Hall–Kier alpha value is -2.24. The molecule has 3 rings (SSSR count). The highest BCUT2D eigenvalue weighted by atomic mass is 19.2. The average molecular weight is 276 g/mol. The van der Waals surface area contributed by atoms with Crippen LogP contribution in [0.25, 0.3) is 0 Å². The van der Waals surface area contributed by atoms with Gasteiger partial charge in [-0.1, -0.05) is 0 Å². The van der Waals surface area contributed by atoms with E-state index in [0.717, 1.165) is 30.7 Å². The van der Waals surface area contributed by atoms with E-state index in [2.05, 4.69) is 20.6 Å². The highest BCUT2D eigenvalue weighted by Crippen LogP contribution is 2.24. The predicted molar refractivity (Wildman–Crippen MR) is 73.1 cm³/mol. The maximum Gasteiger partial charge on any atom is 0.225 e. The Kier molecular flexibility index (Phi) is 3.22. The summed E-state index contributed by atoms with van der Waals surface area (Å²) in [7, 11) is 0. The third kappa shape index (κ3) is 3.01. The molecule has 1 heterocycles. The van der Waals surface area contributed by atoms with E-state index < -0.39 is 11.6 Å². The molecule has 0 saturated heterocycles. The molecule has 6 heteroatoms. The van der Waals surface area contributed by atoms with E-state index in [0.29, 0.717) is 23.5 Å². The van der Waals surface area contributed by atoms with Gasteiger partial charge in [-0.2, -0.15) is 4.98 Å². The molecule has 0 spiro atoms. The van der Waals surface area contributed by atoms with Gasteiger partial charge in [-0.15, -0.1) is 0 Å². The Morgan fingerprint density at radius 3 is 2.60 bits per heavy atom. The molecule has 20 heavy (non-hydrogen) atoms. The van der Waals surface area contributed by atoms with E-state index in [1.54, 1.807) is 6.07 Å². The molecule has 1 aromatic carbocycles. The first-order chi connectivity index (χ1) is 9.60. The lowest BCUT2D eigenvalue weighted by Gasteiger charge is -2.09. The number of nitrogens with zero attached hydrogens (tertiary/aromatic N) is 2. The van der Waals surface area contributed by atoms with Crippen molar-refractivity contribution < 1.29 is 8.78 Å². The van der Waals surface area contributed by atoms with Crippen LogP contribution in [0.15, 0.2) is 24.3 Å². The van der Waals surface area contributed by atoms with Crippen LogP contribution in [0.3, 0.4) is 0 Å². The minimum absolute atomic E-state index is 0.444. The van der Waals surface area contributed by atoms with Crippen LogP contribution >= 0.6 is 0 Å². The molecular formula is C14H14F2N4. The van der Waals surface area contributed by atoms with E-state index in [1.807, 2.05) is 6.92 Å². The number of aryl methyl sites for hydroxylation is 1. The van der Waals surface area contributed by atoms with Crippen molar-refractivity contribution in [2.75, 3.05) is 10.6 Å². The van der Waals surface area contributed by atoms with Gasteiger partial charge in [0.15, 0.2) is 11.6 Å². The van der Waals surface area contributed by atoms with Gasteiger partial charge >= 0.3 is 0 Å². The number of anilines is 3. The van der Waals surface area contributed by atoms with Gasteiger partial charge in [-0.05, 0) is 31.9 Å². The smallest absolute Gasteiger partial charge is 0.225 e. The normalized spacial score (nSPS) is 14.2. The molecule has 0 radical (unpaired) electrons. The van der Waals surface area contributed by atoms with Crippen LogP contribution in [0, 0.1) is 18.6 Å². The Morgan fingerprint density at radius 2 is 1.90 bits per heavy atom. The highest BCUT2D eigenvalue weighted by molar-refractivity contribution is 5.57. The molecule has 1 saturated carbocycles. The molecule has 0 unspecified atom stereocenters. The minimum Gasteiger partial charge on any atom is -0.351 e. The summed E-state index contributed by atoms with van der Waals surface area (Å²) in [5, 5.41) is 6.16. The summed E-state index contributed by atoms with van der Waals surface area (Å²) in [5.74, 6) is -0.660. The summed E-state index contributed by atoms with van der Waals surface area (Å²) >= 11 is 0. The zero-order valence-corrected chi connectivity index (χ0v) is 11.0. The molecule has 0 bridgehead atoms. The van der Waals surface area contributed by atoms with Crippen LogP contribution < -0.4 is 10.6 Å². The van der Waals surface area contributed by atoms with Crippen LogP contribution in [-0.2, 0) is 0 Å². The Labute approximate surface area is 115 Å². The molecule has 1 aromatic heterocycles. The van der Waals surface area contributed by atoms with Crippen molar-refractivity contribution in [3.8, 4) is 0 Å². The van der Waals surface area contributed by atoms with Crippen molar-refractivity contribution in [1.82, 2.24) is 9.97 Å². The molecule has 104 valence electrons. The van der Waals surface area contributed by atoms with Gasteiger partial charge < -0.3 is 10.6 Å². The lowest BCUT2D eigenvalue weighted by molar-refractivity contribution is 0.509. The Balaban J connectivity index is 1.81. The standard InChI is InChI=1S/C14H14F2N4/c1-8-6-13(20-14(17-8)19-9-2-3-9)18-10-4-5-11(15)12(16)7-10/h4-7,9H,2-3H2,1H3,(H2,17,18,19,20). The second-order valence-corrected chi connectivity index (χ2v) is 4.89. The molecule has 2 aromatic rings. The van der Waals surface area contributed by atoms with Crippen molar-refractivity contribution in [3.63, 3.8) is 0 Å². The summed E-state index contributed by atoms with van der Waals surface area (Å²) in [6.45, 7) is 1.86. The summed E-state index contributed by atoms with van der Waals surface area (Å²) in [6, 6.07) is 5.84. The van der Waals surface area contributed by atoms with Crippen LogP contribution in [0.5, 0.6) is 0 Å². The molecule has 0 atom stereocenters. The lowest BCUT2D eigenvalue weighted by Crippen LogP contribution is -2.07. The van der Waals surface area contributed by atoms with Crippen LogP contribution in [0.2, 0.25) is 0 Å². The highest BCUT2D eigenvalue weighted by Gasteiger charge is 2.22. The number of halogens is 2. The van der Waals surface area contributed by atoms with E-state index in [-0.39, 0.29) is 0 Å². The van der Waals surface area contributed by atoms with Gasteiger partial charge in [0.25, 0.3) is 0 Å². The average Bonchev–Trinajstić information content (AvgIpc) is 3.17. The molecule has 1 aliphatic rings. The van der Waals surface area contributed by atoms with Crippen molar-refractivity contribution in [2.45, 2.75) is 25.8 Å². The predicted octanol–water partition coefficient (Wildman–Crippen LogP) is 3.38.